The Hall–Kier alpha value is -3.38. The standard InChI is InChI=1S/C24H20ClFN2O3/c25-19-6-1-16(2-7-19)11-12-27-24(30)18-5-10-22-21(13-18)28(23(29)15-31-22)14-17-3-8-20(26)9-4-17/h1-10,13H,11-12,14-15H2,(H,27,30). The Bertz CT molecular complexity index is 1100. The molecule has 3 aromatic rings. The van der Waals surface area contributed by atoms with Gasteiger partial charge in [0.25, 0.3) is 11.8 Å². The Morgan fingerprint density at radius 3 is 2.48 bits per heavy atom. The van der Waals surface area contributed by atoms with Gasteiger partial charge in [-0.25, -0.2) is 4.39 Å². The fourth-order valence-corrected chi connectivity index (χ4v) is 3.49. The van der Waals surface area contributed by atoms with Crippen LogP contribution in [0.2, 0.25) is 5.02 Å². The van der Waals surface area contributed by atoms with Gasteiger partial charge in [-0.05, 0) is 60.0 Å². The summed E-state index contributed by atoms with van der Waals surface area (Å²) >= 11 is 5.89. The molecule has 1 heterocycles. The molecule has 0 aromatic heterocycles. The summed E-state index contributed by atoms with van der Waals surface area (Å²) < 4.78 is 18.7. The van der Waals surface area contributed by atoms with Crippen molar-refractivity contribution in [2.24, 2.45) is 0 Å². The topological polar surface area (TPSA) is 58.6 Å². The third-order valence-electron chi connectivity index (χ3n) is 5.03. The van der Waals surface area contributed by atoms with Crippen molar-refractivity contribution in [1.29, 1.82) is 0 Å². The second kappa shape index (κ2) is 9.18. The van der Waals surface area contributed by atoms with Crippen LogP contribution in [-0.4, -0.2) is 25.0 Å². The minimum Gasteiger partial charge on any atom is -0.482 e. The molecule has 0 saturated carbocycles. The number of ether oxygens (including phenoxy) is 1. The van der Waals surface area contributed by atoms with E-state index >= 15 is 0 Å². The number of amides is 2. The molecule has 3 aromatic carbocycles. The molecule has 0 unspecified atom stereocenters. The van der Waals surface area contributed by atoms with Gasteiger partial charge in [0.2, 0.25) is 0 Å². The summed E-state index contributed by atoms with van der Waals surface area (Å²) in [6.45, 7) is 0.643. The van der Waals surface area contributed by atoms with Crippen LogP contribution in [0.15, 0.2) is 66.7 Å². The number of nitrogens with zero attached hydrogens (tertiary/aromatic N) is 1. The Kier molecular flexibility index (Phi) is 6.18. The zero-order valence-electron chi connectivity index (χ0n) is 16.6. The maximum atomic E-state index is 13.2. The molecule has 2 amide bonds. The van der Waals surface area contributed by atoms with E-state index < -0.39 is 0 Å². The lowest BCUT2D eigenvalue weighted by Crippen LogP contribution is -2.38. The van der Waals surface area contributed by atoms with Gasteiger partial charge < -0.3 is 15.0 Å². The summed E-state index contributed by atoms with van der Waals surface area (Å²) in [5.74, 6) is -0.275. The fourth-order valence-electron chi connectivity index (χ4n) is 3.36. The van der Waals surface area contributed by atoms with Gasteiger partial charge in [-0.2, -0.15) is 0 Å². The molecule has 0 fully saturated rings. The predicted molar refractivity (Wildman–Crippen MR) is 117 cm³/mol. The lowest BCUT2D eigenvalue weighted by atomic mass is 10.1. The first kappa shape index (κ1) is 20.9. The molecule has 0 bridgehead atoms. The lowest BCUT2D eigenvalue weighted by Gasteiger charge is -2.30. The monoisotopic (exact) mass is 438 g/mol. The fraction of sp³-hybridized carbons (Fsp3) is 0.167. The van der Waals surface area contributed by atoms with E-state index in [9.17, 15) is 14.0 Å². The summed E-state index contributed by atoms with van der Waals surface area (Å²) in [6.07, 6.45) is 0.673. The Morgan fingerprint density at radius 1 is 1.03 bits per heavy atom. The van der Waals surface area contributed by atoms with E-state index in [0.717, 1.165) is 11.1 Å². The van der Waals surface area contributed by atoms with Crippen molar-refractivity contribution in [2.45, 2.75) is 13.0 Å². The molecule has 1 aliphatic rings. The van der Waals surface area contributed by atoms with Gasteiger partial charge in [-0.1, -0.05) is 35.9 Å². The second-order valence-corrected chi connectivity index (χ2v) is 7.65. The van der Waals surface area contributed by atoms with Crippen LogP contribution in [0.25, 0.3) is 0 Å². The van der Waals surface area contributed by atoms with Gasteiger partial charge in [0.05, 0.1) is 12.2 Å². The van der Waals surface area contributed by atoms with Crippen molar-refractivity contribution in [2.75, 3.05) is 18.1 Å². The average molecular weight is 439 g/mol. The minimum absolute atomic E-state index is 0.0825. The molecule has 0 aliphatic carbocycles. The summed E-state index contributed by atoms with van der Waals surface area (Å²) in [5, 5.41) is 3.56. The predicted octanol–water partition coefficient (Wildman–Crippen LogP) is 4.38. The molecule has 0 radical (unpaired) electrons. The first-order chi connectivity index (χ1) is 15.0. The van der Waals surface area contributed by atoms with E-state index in [4.69, 9.17) is 16.3 Å². The maximum Gasteiger partial charge on any atom is 0.265 e. The van der Waals surface area contributed by atoms with E-state index in [0.29, 0.717) is 35.0 Å². The molecular weight excluding hydrogens is 419 g/mol. The van der Waals surface area contributed by atoms with Gasteiger partial charge >= 0.3 is 0 Å². The van der Waals surface area contributed by atoms with E-state index in [1.165, 1.54) is 12.1 Å². The zero-order chi connectivity index (χ0) is 21.8. The van der Waals surface area contributed by atoms with Crippen molar-refractivity contribution in [1.82, 2.24) is 5.32 Å². The van der Waals surface area contributed by atoms with E-state index in [2.05, 4.69) is 5.32 Å². The highest BCUT2D eigenvalue weighted by atomic mass is 35.5. The van der Waals surface area contributed by atoms with Crippen LogP contribution in [0, 0.1) is 5.82 Å². The van der Waals surface area contributed by atoms with Gasteiger partial charge in [-0.3, -0.25) is 9.59 Å². The number of carbonyl (C=O) groups excluding carboxylic acids is 2. The molecular formula is C24H20ClFN2O3. The van der Waals surface area contributed by atoms with Crippen molar-refractivity contribution in [3.63, 3.8) is 0 Å². The molecule has 1 aliphatic heterocycles. The van der Waals surface area contributed by atoms with Crippen LogP contribution < -0.4 is 15.0 Å². The SMILES string of the molecule is O=C(NCCc1ccc(Cl)cc1)c1ccc2c(c1)N(Cc1ccc(F)cc1)C(=O)CO2. The lowest BCUT2D eigenvalue weighted by molar-refractivity contribution is -0.121. The summed E-state index contributed by atoms with van der Waals surface area (Å²) in [5.41, 5.74) is 2.79. The molecule has 1 N–H and O–H groups in total. The number of halogens is 2. The Labute approximate surface area is 184 Å². The number of nitrogens with one attached hydrogen (secondary N) is 1. The minimum atomic E-state index is -0.338. The number of anilines is 1. The van der Waals surface area contributed by atoms with E-state index in [1.54, 1.807) is 35.2 Å². The number of rotatable bonds is 6. The van der Waals surface area contributed by atoms with Gasteiger partial charge in [0.15, 0.2) is 6.61 Å². The van der Waals surface area contributed by atoms with Crippen molar-refractivity contribution in [3.8, 4) is 5.75 Å². The maximum absolute atomic E-state index is 13.2. The number of hydrogen-bond acceptors (Lipinski definition) is 3. The Balaban J connectivity index is 1.47. The quantitative estimate of drug-likeness (QED) is 0.621. The summed E-state index contributed by atoms with van der Waals surface area (Å²) in [7, 11) is 0. The molecule has 0 saturated heterocycles. The average Bonchev–Trinajstić information content (AvgIpc) is 2.78. The molecule has 7 heteroatoms. The van der Waals surface area contributed by atoms with Crippen molar-refractivity contribution < 1.29 is 18.7 Å². The van der Waals surface area contributed by atoms with E-state index in [-0.39, 0.29) is 30.8 Å². The molecule has 158 valence electrons. The summed E-state index contributed by atoms with van der Waals surface area (Å²) in [6, 6.07) is 18.4. The first-order valence-corrected chi connectivity index (χ1v) is 10.2. The van der Waals surface area contributed by atoms with Gasteiger partial charge in [0, 0.05) is 17.1 Å². The third kappa shape index (κ3) is 5.03. The number of benzene rings is 3. The van der Waals surface area contributed by atoms with Crippen molar-refractivity contribution >= 4 is 29.1 Å². The highest BCUT2D eigenvalue weighted by molar-refractivity contribution is 6.30. The van der Waals surface area contributed by atoms with Crippen LogP contribution in [-0.2, 0) is 17.8 Å². The van der Waals surface area contributed by atoms with Crippen molar-refractivity contribution in [3.05, 3.63) is 94.3 Å². The molecule has 5 nitrogen and oxygen atoms in total. The second-order valence-electron chi connectivity index (χ2n) is 7.21. The number of carbonyl (C=O) groups is 2. The van der Waals surface area contributed by atoms with Crippen LogP contribution >= 0.6 is 11.6 Å². The smallest absolute Gasteiger partial charge is 0.265 e. The number of fused-ring (bicyclic) bond motifs is 1. The van der Waals surface area contributed by atoms with Gasteiger partial charge in [0.1, 0.15) is 11.6 Å². The molecule has 0 spiro atoms. The first-order valence-electron chi connectivity index (χ1n) is 9.84. The van der Waals surface area contributed by atoms with Crippen LogP contribution in [0.5, 0.6) is 5.75 Å². The normalized spacial score (nSPS) is 12.8. The Morgan fingerprint density at radius 2 is 1.74 bits per heavy atom. The van der Waals surface area contributed by atoms with Crippen LogP contribution in [0.1, 0.15) is 21.5 Å². The van der Waals surface area contributed by atoms with Crippen LogP contribution in [0.4, 0.5) is 10.1 Å². The number of hydrogen-bond donors (Lipinski definition) is 1. The third-order valence-corrected chi connectivity index (χ3v) is 5.28. The summed E-state index contributed by atoms with van der Waals surface area (Å²) in [4.78, 5) is 26.7. The van der Waals surface area contributed by atoms with Gasteiger partial charge in [-0.15, -0.1) is 0 Å². The molecule has 4 rings (SSSR count). The zero-order valence-corrected chi connectivity index (χ0v) is 17.4. The van der Waals surface area contributed by atoms with E-state index in [1.807, 2.05) is 24.3 Å². The van der Waals surface area contributed by atoms with Crippen LogP contribution in [0.3, 0.4) is 0 Å². The highest BCUT2D eigenvalue weighted by Gasteiger charge is 2.26. The molecule has 31 heavy (non-hydrogen) atoms. The largest absolute Gasteiger partial charge is 0.482 e. The highest BCUT2D eigenvalue weighted by Crippen LogP contribution is 2.34. The molecule has 0 atom stereocenters.